The van der Waals surface area contributed by atoms with Crippen LogP contribution in [-0.4, -0.2) is 43.3 Å². The first-order valence-electron chi connectivity index (χ1n) is 6.77. The summed E-state index contributed by atoms with van der Waals surface area (Å²) < 4.78 is 13.3. The molecular formula is C14H24N2O2. The average molecular weight is 252 g/mol. The van der Waals surface area contributed by atoms with Crippen LogP contribution in [-0.2, 0) is 15.4 Å². The van der Waals surface area contributed by atoms with Crippen LogP contribution in [0.4, 0.5) is 0 Å². The summed E-state index contributed by atoms with van der Waals surface area (Å²) >= 11 is 0. The van der Waals surface area contributed by atoms with E-state index >= 15 is 0 Å². The lowest BCUT2D eigenvalue weighted by molar-refractivity contribution is -0.273. The van der Waals surface area contributed by atoms with Crippen molar-refractivity contribution < 1.29 is 9.47 Å². The molecule has 0 saturated carbocycles. The topological polar surface area (TPSA) is 26.6 Å². The van der Waals surface area contributed by atoms with Crippen molar-refractivity contribution in [3.63, 3.8) is 0 Å². The van der Waals surface area contributed by atoms with E-state index in [0.29, 0.717) is 0 Å². The molecule has 4 nitrogen and oxygen atoms in total. The molecule has 0 spiro atoms. The van der Waals surface area contributed by atoms with Gasteiger partial charge in [0.05, 0.1) is 0 Å². The van der Waals surface area contributed by atoms with Crippen molar-refractivity contribution in [1.29, 1.82) is 0 Å². The third-order valence-electron chi connectivity index (χ3n) is 3.83. The number of rotatable bonds is 6. The highest BCUT2D eigenvalue weighted by atomic mass is 16.7. The minimum Gasteiger partial charge on any atom is -0.336 e. The van der Waals surface area contributed by atoms with Crippen LogP contribution >= 0.6 is 0 Å². The van der Waals surface area contributed by atoms with Gasteiger partial charge < -0.3 is 18.9 Å². The standard InChI is InChI=1S/C14H24N2O2/c1-17-14(18-2,16-11-6-7-12-16)8-13-15-9-4-3-5-10-15/h6-7,11-12H,3-5,8-10,13H2,1-2H3. The summed E-state index contributed by atoms with van der Waals surface area (Å²) in [5.41, 5.74) is 0. The third-order valence-corrected chi connectivity index (χ3v) is 3.83. The van der Waals surface area contributed by atoms with Gasteiger partial charge in [0.15, 0.2) is 0 Å². The van der Waals surface area contributed by atoms with Gasteiger partial charge in [-0.15, -0.1) is 0 Å². The quantitative estimate of drug-likeness (QED) is 0.727. The van der Waals surface area contributed by atoms with E-state index in [1.807, 2.05) is 29.1 Å². The van der Waals surface area contributed by atoms with E-state index < -0.39 is 5.91 Å². The van der Waals surface area contributed by atoms with Gasteiger partial charge in [-0.25, -0.2) is 0 Å². The fourth-order valence-corrected chi connectivity index (χ4v) is 2.67. The van der Waals surface area contributed by atoms with Gasteiger partial charge in [0.2, 0.25) is 0 Å². The molecule has 102 valence electrons. The molecule has 4 heteroatoms. The highest BCUT2D eigenvalue weighted by Crippen LogP contribution is 2.24. The Morgan fingerprint density at radius 2 is 1.61 bits per heavy atom. The van der Waals surface area contributed by atoms with Crippen molar-refractivity contribution in [2.75, 3.05) is 33.9 Å². The molecule has 1 saturated heterocycles. The second-order valence-corrected chi connectivity index (χ2v) is 4.86. The molecule has 2 rings (SSSR count). The molecule has 0 unspecified atom stereocenters. The SMILES string of the molecule is COC(CCN1CCCCC1)(OC)n1cccc1. The molecule has 0 atom stereocenters. The summed E-state index contributed by atoms with van der Waals surface area (Å²) in [4.78, 5) is 2.50. The molecule has 1 fully saturated rings. The molecule has 0 N–H and O–H groups in total. The number of methoxy groups -OCH3 is 2. The van der Waals surface area contributed by atoms with Crippen LogP contribution in [0.2, 0.25) is 0 Å². The van der Waals surface area contributed by atoms with Crippen LogP contribution in [0.15, 0.2) is 24.5 Å². The fraction of sp³-hybridized carbons (Fsp3) is 0.714. The molecule has 18 heavy (non-hydrogen) atoms. The summed E-state index contributed by atoms with van der Waals surface area (Å²) in [6, 6.07) is 3.99. The summed E-state index contributed by atoms with van der Waals surface area (Å²) in [6.45, 7) is 3.42. The molecule has 0 radical (unpaired) electrons. The van der Waals surface area contributed by atoms with Gasteiger partial charge in [-0.05, 0) is 38.1 Å². The predicted octanol–water partition coefficient (Wildman–Crippen LogP) is 2.27. The third kappa shape index (κ3) is 2.94. The zero-order valence-electron chi connectivity index (χ0n) is 11.5. The molecule has 0 bridgehead atoms. The molecule has 1 aromatic rings. The van der Waals surface area contributed by atoms with Crippen LogP contribution in [0.1, 0.15) is 25.7 Å². The van der Waals surface area contributed by atoms with Gasteiger partial charge in [0.1, 0.15) is 0 Å². The second-order valence-electron chi connectivity index (χ2n) is 4.86. The van der Waals surface area contributed by atoms with Crippen molar-refractivity contribution in [2.45, 2.75) is 31.6 Å². The van der Waals surface area contributed by atoms with Crippen molar-refractivity contribution in [1.82, 2.24) is 9.47 Å². The maximum Gasteiger partial charge on any atom is 0.255 e. The fourth-order valence-electron chi connectivity index (χ4n) is 2.67. The van der Waals surface area contributed by atoms with Gasteiger partial charge in [-0.1, -0.05) is 6.42 Å². The summed E-state index contributed by atoms with van der Waals surface area (Å²) in [6.07, 6.45) is 8.82. The van der Waals surface area contributed by atoms with E-state index in [-0.39, 0.29) is 0 Å². The number of hydrogen-bond acceptors (Lipinski definition) is 3. The highest BCUT2D eigenvalue weighted by Gasteiger charge is 2.31. The maximum absolute atomic E-state index is 5.64. The Balaban J connectivity index is 1.97. The van der Waals surface area contributed by atoms with Crippen LogP contribution in [0, 0.1) is 0 Å². The monoisotopic (exact) mass is 252 g/mol. The van der Waals surface area contributed by atoms with Crippen LogP contribution < -0.4 is 0 Å². The van der Waals surface area contributed by atoms with Crippen LogP contribution in [0.3, 0.4) is 0 Å². The average Bonchev–Trinajstić information content (AvgIpc) is 2.96. The minimum atomic E-state index is -0.666. The smallest absolute Gasteiger partial charge is 0.255 e. The Labute approximate surface area is 109 Å². The lowest BCUT2D eigenvalue weighted by Crippen LogP contribution is -2.41. The maximum atomic E-state index is 5.64. The van der Waals surface area contributed by atoms with E-state index in [4.69, 9.17) is 9.47 Å². The Bertz CT molecular complexity index is 328. The van der Waals surface area contributed by atoms with E-state index in [1.54, 1.807) is 14.2 Å². The van der Waals surface area contributed by atoms with E-state index in [2.05, 4.69) is 4.90 Å². The zero-order valence-corrected chi connectivity index (χ0v) is 11.5. The first-order valence-corrected chi connectivity index (χ1v) is 6.77. The largest absolute Gasteiger partial charge is 0.336 e. The summed E-state index contributed by atoms with van der Waals surface area (Å²) in [7, 11) is 3.42. The first-order chi connectivity index (χ1) is 8.80. The molecule has 1 aliphatic rings. The molecule has 0 aliphatic carbocycles. The van der Waals surface area contributed by atoms with Crippen molar-refractivity contribution in [2.24, 2.45) is 0 Å². The van der Waals surface area contributed by atoms with Crippen LogP contribution in [0.25, 0.3) is 0 Å². The number of nitrogens with zero attached hydrogens (tertiary/aromatic N) is 2. The second kappa shape index (κ2) is 6.36. The van der Waals surface area contributed by atoms with Crippen molar-refractivity contribution >= 4 is 0 Å². The Morgan fingerprint density at radius 3 is 2.17 bits per heavy atom. The highest BCUT2D eigenvalue weighted by molar-refractivity contribution is 4.93. The van der Waals surface area contributed by atoms with Gasteiger partial charge in [-0.2, -0.15) is 0 Å². The van der Waals surface area contributed by atoms with Crippen molar-refractivity contribution in [3.05, 3.63) is 24.5 Å². The zero-order chi connectivity index (χ0) is 12.8. The molecular weight excluding hydrogens is 228 g/mol. The van der Waals surface area contributed by atoms with E-state index in [9.17, 15) is 0 Å². The molecule has 1 aliphatic heterocycles. The predicted molar refractivity (Wildman–Crippen MR) is 71.3 cm³/mol. The molecule has 1 aromatic heterocycles. The number of piperidine rings is 1. The molecule has 0 amide bonds. The van der Waals surface area contributed by atoms with Gasteiger partial charge in [0.25, 0.3) is 5.91 Å². The Morgan fingerprint density at radius 1 is 1.00 bits per heavy atom. The number of likely N-dealkylation sites (tertiary alicyclic amines) is 1. The Hall–Kier alpha value is -0.840. The first kappa shape index (κ1) is 13.6. The van der Waals surface area contributed by atoms with Gasteiger partial charge in [-0.3, -0.25) is 0 Å². The van der Waals surface area contributed by atoms with Gasteiger partial charge in [0, 0.05) is 39.6 Å². The molecule has 0 aromatic carbocycles. The van der Waals surface area contributed by atoms with E-state index in [1.165, 1.54) is 32.4 Å². The summed E-state index contributed by atoms with van der Waals surface area (Å²) in [5, 5.41) is 0. The summed E-state index contributed by atoms with van der Waals surface area (Å²) in [5.74, 6) is -0.666. The lowest BCUT2D eigenvalue weighted by atomic mass is 10.1. The van der Waals surface area contributed by atoms with Crippen LogP contribution in [0.5, 0.6) is 0 Å². The number of aromatic nitrogens is 1. The lowest BCUT2D eigenvalue weighted by Gasteiger charge is -2.35. The van der Waals surface area contributed by atoms with Crippen molar-refractivity contribution in [3.8, 4) is 0 Å². The number of ether oxygens (including phenoxy) is 2. The minimum absolute atomic E-state index is 0.666. The normalized spacial score (nSPS) is 18.1. The molecule has 2 heterocycles. The number of hydrogen-bond donors (Lipinski definition) is 0. The Kier molecular flexibility index (Phi) is 4.80. The van der Waals surface area contributed by atoms with Gasteiger partial charge >= 0.3 is 0 Å². The van der Waals surface area contributed by atoms with E-state index in [0.717, 1.165) is 13.0 Å².